The fraction of sp³-hybridized carbons (Fsp3) is 0.692. The highest BCUT2D eigenvalue weighted by Gasteiger charge is 2.40. The number of fused-ring (bicyclic) bond motifs is 2. The van der Waals surface area contributed by atoms with E-state index in [4.69, 9.17) is 5.73 Å². The number of anilines is 1. The van der Waals surface area contributed by atoms with Gasteiger partial charge < -0.3 is 10.6 Å². The number of hydrogen-bond donors (Lipinski definition) is 1. The van der Waals surface area contributed by atoms with Gasteiger partial charge in [-0.1, -0.05) is 0 Å². The second-order valence-electron chi connectivity index (χ2n) is 5.44. The molecule has 4 heteroatoms. The summed E-state index contributed by atoms with van der Waals surface area (Å²) in [7, 11) is 0. The van der Waals surface area contributed by atoms with Gasteiger partial charge in [0.1, 0.15) is 0 Å². The molecule has 2 atom stereocenters. The fourth-order valence-electron chi connectivity index (χ4n) is 3.33. The van der Waals surface area contributed by atoms with Crippen LogP contribution in [-0.4, -0.2) is 28.1 Å². The van der Waals surface area contributed by atoms with Crippen molar-refractivity contribution in [3.8, 4) is 0 Å². The van der Waals surface area contributed by atoms with Crippen molar-refractivity contribution in [2.75, 3.05) is 4.90 Å². The lowest BCUT2D eigenvalue weighted by atomic mass is 9.98. The third-order valence-corrected chi connectivity index (χ3v) is 4.07. The quantitative estimate of drug-likeness (QED) is 0.798. The molecule has 3 heterocycles. The zero-order chi connectivity index (χ0) is 12.0. The molecule has 92 valence electrons. The van der Waals surface area contributed by atoms with Crippen molar-refractivity contribution >= 4 is 5.82 Å². The van der Waals surface area contributed by atoms with Crippen LogP contribution in [-0.2, 0) is 0 Å². The van der Waals surface area contributed by atoms with E-state index in [9.17, 15) is 0 Å². The lowest BCUT2D eigenvalue weighted by Crippen LogP contribution is -2.48. The second kappa shape index (κ2) is 3.95. The van der Waals surface area contributed by atoms with Crippen LogP contribution in [0.2, 0.25) is 0 Å². The lowest BCUT2D eigenvalue weighted by molar-refractivity contribution is 0.411. The van der Waals surface area contributed by atoms with Crippen LogP contribution in [0.5, 0.6) is 0 Å². The van der Waals surface area contributed by atoms with E-state index in [0.717, 1.165) is 30.0 Å². The Morgan fingerprint density at radius 2 is 1.88 bits per heavy atom. The standard InChI is InChI=1S/C13H20N4/c1-8-7-15-9(2)13(16-8)17-11-3-4-12(17)6-10(14)5-11/h7,10-12H,3-6,14H2,1-2H3. The molecule has 2 aliphatic heterocycles. The minimum Gasteiger partial charge on any atom is -0.349 e. The van der Waals surface area contributed by atoms with Crippen molar-refractivity contribution in [1.29, 1.82) is 0 Å². The van der Waals surface area contributed by atoms with Crippen LogP contribution < -0.4 is 10.6 Å². The molecule has 0 aliphatic carbocycles. The minimum atomic E-state index is 0.377. The third kappa shape index (κ3) is 1.80. The molecule has 0 amide bonds. The Morgan fingerprint density at radius 1 is 1.24 bits per heavy atom. The van der Waals surface area contributed by atoms with E-state index in [-0.39, 0.29) is 0 Å². The number of nitrogens with zero attached hydrogens (tertiary/aromatic N) is 3. The Kier molecular flexibility index (Phi) is 2.54. The summed E-state index contributed by atoms with van der Waals surface area (Å²) >= 11 is 0. The number of piperidine rings is 1. The summed E-state index contributed by atoms with van der Waals surface area (Å²) in [6, 6.07) is 1.54. The maximum atomic E-state index is 6.10. The molecule has 2 unspecified atom stereocenters. The predicted molar refractivity (Wildman–Crippen MR) is 68.0 cm³/mol. The van der Waals surface area contributed by atoms with Crippen molar-refractivity contribution in [1.82, 2.24) is 9.97 Å². The Bertz CT molecular complexity index is 417. The highest BCUT2D eigenvalue weighted by Crippen LogP contribution is 2.38. The normalized spacial score (nSPS) is 31.9. The van der Waals surface area contributed by atoms with Gasteiger partial charge in [0.2, 0.25) is 0 Å². The topological polar surface area (TPSA) is 55.0 Å². The van der Waals surface area contributed by atoms with Gasteiger partial charge in [-0.3, -0.25) is 4.98 Å². The van der Waals surface area contributed by atoms with Crippen LogP contribution in [0.1, 0.15) is 37.1 Å². The predicted octanol–water partition coefficient (Wildman–Crippen LogP) is 1.55. The number of aryl methyl sites for hydroxylation is 2. The van der Waals surface area contributed by atoms with Crippen molar-refractivity contribution in [2.45, 2.75) is 57.7 Å². The molecule has 0 saturated carbocycles. The van der Waals surface area contributed by atoms with E-state index in [1.165, 1.54) is 12.8 Å². The third-order valence-electron chi connectivity index (χ3n) is 4.07. The number of aromatic nitrogens is 2. The Balaban J connectivity index is 1.97. The molecular formula is C13H20N4. The molecule has 2 fully saturated rings. The van der Waals surface area contributed by atoms with Crippen LogP contribution in [0.4, 0.5) is 5.82 Å². The maximum Gasteiger partial charge on any atom is 0.150 e. The molecule has 0 radical (unpaired) electrons. The summed E-state index contributed by atoms with van der Waals surface area (Å²) in [6.07, 6.45) is 6.56. The van der Waals surface area contributed by atoms with E-state index in [2.05, 4.69) is 21.8 Å². The second-order valence-corrected chi connectivity index (χ2v) is 5.44. The summed E-state index contributed by atoms with van der Waals surface area (Å²) in [5.74, 6) is 1.09. The molecule has 3 rings (SSSR count). The number of nitrogens with two attached hydrogens (primary N) is 1. The zero-order valence-electron chi connectivity index (χ0n) is 10.6. The molecule has 2 aliphatic rings. The summed E-state index contributed by atoms with van der Waals surface area (Å²) in [5, 5.41) is 0. The van der Waals surface area contributed by atoms with Gasteiger partial charge in [0.15, 0.2) is 5.82 Å². The van der Waals surface area contributed by atoms with Gasteiger partial charge in [-0.25, -0.2) is 4.98 Å². The van der Waals surface area contributed by atoms with Crippen LogP contribution >= 0.6 is 0 Å². The molecular weight excluding hydrogens is 212 g/mol. The smallest absolute Gasteiger partial charge is 0.150 e. The maximum absolute atomic E-state index is 6.10. The molecule has 0 aromatic carbocycles. The van der Waals surface area contributed by atoms with Gasteiger partial charge >= 0.3 is 0 Å². The Hall–Kier alpha value is -1.16. The van der Waals surface area contributed by atoms with Gasteiger partial charge in [-0.2, -0.15) is 0 Å². The van der Waals surface area contributed by atoms with Crippen molar-refractivity contribution in [3.63, 3.8) is 0 Å². The van der Waals surface area contributed by atoms with Crippen LogP contribution in [0, 0.1) is 13.8 Å². The molecule has 2 bridgehead atoms. The first-order valence-electron chi connectivity index (χ1n) is 6.49. The highest BCUT2D eigenvalue weighted by molar-refractivity contribution is 5.48. The van der Waals surface area contributed by atoms with Crippen LogP contribution in [0.3, 0.4) is 0 Å². The first kappa shape index (κ1) is 11.0. The van der Waals surface area contributed by atoms with Gasteiger partial charge in [-0.15, -0.1) is 0 Å². The average molecular weight is 232 g/mol. The minimum absolute atomic E-state index is 0.377. The fourth-order valence-corrected chi connectivity index (χ4v) is 3.33. The first-order valence-corrected chi connectivity index (χ1v) is 6.49. The number of rotatable bonds is 1. The summed E-state index contributed by atoms with van der Waals surface area (Å²) in [4.78, 5) is 11.6. The van der Waals surface area contributed by atoms with Gasteiger partial charge in [0.05, 0.1) is 11.4 Å². The molecule has 17 heavy (non-hydrogen) atoms. The molecule has 1 aromatic rings. The lowest BCUT2D eigenvalue weighted by Gasteiger charge is -2.39. The van der Waals surface area contributed by atoms with Crippen LogP contribution in [0.25, 0.3) is 0 Å². The largest absolute Gasteiger partial charge is 0.349 e. The average Bonchev–Trinajstić information content (AvgIpc) is 2.54. The molecule has 2 saturated heterocycles. The zero-order valence-corrected chi connectivity index (χ0v) is 10.6. The summed E-state index contributed by atoms with van der Waals surface area (Å²) in [6.45, 7) is 4.06. The molecule has 2 N–H and O–H groups in total. The van der Waals surface area contributed by atoms with Crippen LogP contribution in [0.15, 0.2) is 6.20 Å². The van der Waals surface area contributed by atoms with Gasteiger partial charge in [0, 0.05) is 24.3 Å². The number of hydrogen-bond acceptors (Lipinski definition) is 4. The Labute approximate surface area is 102 Å². The first-order chi connectivity index (χ1) is 8.15. The molecule has 1 aromatic heterocycles. The molecule has 4 nitrogen and oxygen atoms in total. The van der Waals surface area contributed by atoms with E-state index in [0.29, 0.717) is 18.1 Å². The SMILES string of the molecule is Cc1cnc(C)c(N2C3CCC2CC(N)C3)n1. The van der Waals surface area contributed by atoms with E-state index in [1.54, 1.807) is 0 Å². The van der Waals surface area contributed by atoms with Gasteiger partial charge in [0.25, 0.3) is 0 Å². The Morgan fingerprint density at radius 3 is 2.53 bits per heavy atom. The molecule has 0 spiro atoms. The highest BCUT2D eigenvalue weighted by atomic mass is 15.3. The monoisotopic (exact) mass is 232 g/mol. The van der Waals surface area contributed by atoms with E-state index < -0.39 is 0 Å². The summed E-state index contributed by atoms with van der Waals surface area (Å²) in [5.41, 5.74) is 8.15. The summed E-state index contributed by atoms with van der Waals surface area (Å²) < 4.78 is 0. The van der Waals surface area contributed by atoms with Gasteiger partial charge in [-0.05, 0) is 39.5 Å². The van der Waals surface area contributed by atoms with Crippen molar-refractivity contribution in [3.05, 3.63) is 17.6 Å². The van der Waals surface area contributed by atoms with E-state index in [1.807, 2.05) is 13.1 Å². The van der Waals surface area contributed by atoms with E-state index >= 15 is 0 Å². The van der Waals surface area contributed by atoms with Crippen molar-refractivity contribution in [2.24, 2.45) is 5.73 Å². The van der Waals surface area contributed by atoms with Crippen molar-refractivity contribution < 1.29 is 0 Å².